The van der Waals surface area contributed by atoms with Gasteiger partial charge in [0.05, 0.1) is 18.9 Å². The van der Waals surface area contributed by atoms with Crippen LogP contribution in [0, 0.1) is 0 Å². The average molecular weight is 335 g/mol. The lowest BCUT2D eigenvalue weighted by molar-refractivity contribution is -0.0979. The largest absolute Gasteiger partial charge is 0.396 e. The molecule has 1 saturated heterocycles. The minimum Gasteiger partial charge on any atom is -0.396 e. The highest BCUT2D eigenvalue weighted by Crippen LogP contribution is 2.24. The second kappa shape index (κ2) is 9.24. The van der Waals surface area contributed by atoms with Crippen molar-refractivity contribution in [2.75, 3.05) is 43.1 Å². The highest BCUT2D eigenvalue weighted by atomic mass is 32.1. The molecular weight excluding hydrogens is 314 g/mol. The Morgan fingerprint density at radius 2 is 1.96 bits per heavy atom. The first-order valence-corrected chi connectivity index (χ1v) is 8.27. The van der Waals surface area contributed by atoms with Crippen LogP contribution in [0.15, 0.2) is 29.6 Å². The van der Waals surface area contributed by atoms with E-state index in [1.165, 1.54) is 5.69 Å². The number of aliphatic hydroxyl groups excluding tert-OH is 1. The highest BCUT2D eigenvalue weighted by molar-refractivity contribution is 7.13. The zero-order chi connectivity index (χ0) is 16.5. The van der Waals surface area contributed by atoms with Crippen LogP contribution in [0.5, 0.6) is 0 Å². The van der Waals surface area contributed by atoms with Gasteiger partial charge in [0, 0.05) is 42.9 Å². The SMILES string of the molecule is C=O.OCCc1csc(Nc2ccc(N3CCOCC3)cc2)n1. The van der Waals surface area contributed by atoms with Crippen molar-refractivity contribution in [3.8, 4) is 0 Å². The smallest absolute Gasteiger partial charge is 0.187 e. The zero-order valence-electron chi connectivity index (χ0n) is 12.9. The Morgan fingerprint density at radius 1 is 1.26 bits per heavy atom. The number of aliphatic hydroxyl groups is 1. The summed E-state index contributed by atoms with van der Waals surface area (Å²) in [6, 6.07) is 8.38. The maximum Gasteiger partial charge on any atom is 0.187 e. The molecule has 1 fully saturated rings. The second-order valence-electron chi connectivity index (χ2n) is 4.89. The molecule has 2 heterocycles. The Bertz CT molecular complexity index is 583. The first-order valence-electron chi connectivity index (χ1n) is 7.39. The van der Waals surface area contributed by atoms with Crippen LogP contribution >= 0.6 is 11.3 Å². The van der Waals surface area contributed by atoms with Crippen LogP contribution in [0.2, 0.25) is 0 Å². The fourth-order valence-electron chi connectivity index (χ4n) is 2.29. The van der Waals surface area contributed by atoms with Gasteiger partial charge in [-0.2, -0.15) is 0 Å². The van der Waals surface area contributed by atoms with Gasteiger partial charge in [0.1, 0.15) is 6.79 Å². The number of nitrogens with zero attached hydrogens (tertiary/aromatic N) is 2. The van der Waals surface area contributed by atoms with E-state index in [1.54, 1.807) is 11.3 Å². The molecule has 0 amide bonds. The van der Waals surface area contributed by atoms with Crippen molar-refractivity contribution >= 4 is 34.6 Å². The maximum absolute atomic E-state index is 8.90. The average Bonchev–Trinajstić information content (AvgIpc) is 3.06. The number of benzene rings is 1. The van der Waals surface area contributed by atoms with Crippen molar-refractivity contribution in [1.29, 1.82) is 0 Å². The van der Waals surface area contributed by atoms with E-state index in [0.717, 1.165) is 42.8 Å². The third-order valence-electron chi connectivity index (χ3n) is 3.41. The molecule has 23 heavy (non-hydrogen) atoms. The van der Waals surface area contributed by atoms with E-state index in [0.29, 0.717) is 6.42 Å². The Kier molecular flexibility index (Phi) is 6.99. The van der Waals surface area contributed by atoms with Crippen LogP contribution in [0.3, 0.4) is 0 Å². The molecule has 2 aromatic rings. The van der Waals surface area contributed by atoms with Gasteiger partial charge in [-0.1, -0.05) is 0 Å². The van der Waals surface area contributed by atoms with Gasteiger partial charge in [0.25, 0.3) is 0 Å². The first kappa shape index (κ1) is 17.4. The molecule has 1 aliphatic rings. The van der Waals surface area contributed by atoms with E-state index in [1.807, 2.05) is 12.2 Å². The van der Waals surface area contributed by atoms with Crippen LogP contribution in [-0.4, -0.2) is 49.8 Å². The van der Waals surface area contributed by atoms with Crippen LogP contribution in [0.4, 0.5) is 16.5 Å². The Labute approximate surface area is 139 Å². The molecule has 0 unspecified atom stereocenters. The summed E-state index contributed by atoms with van der Waals surface area (Å²) in [4.78, 5) is 14.8. The Hall–Kier alpha value is -1.96. The number of carbonyl (C=O) groups excluding carboxylic acids is 1. The fraction of sp³-hybridized carbons (Fsp3) is 0.375. The van der Waals surface area contributed by atoms with E-state index in [4.69, 9.17) is 14.6 Å². The third-order valence-corrected chi connectivity index (χ3v) is 4.22. The molecule has 0 bridgehead atoms. The van der Waals surface area contributed by atoms with Crippen molar-refractivity contribution in [3.05, 3.63) is 35.3 Å². The van der Waals surface area contributed by atoms with Crippen LogP contribution in [-0.2, 0) is 16.0 Å². The minimum absolute atomic E-state index is 0.136. The lowest BCUT2D eigenvalue weighted by Gasteiger charge is -2.28. The van der Waals surface area contributed by atoms with E-state index < -0.39 is 0 Å². The number of hydrogen-bond donors (Lipinski definition) is 2. The lowest BCUT2D eigenvalue weighted by atomic mass is 10.2. The second-order valence-corrected chi connectivity index (χ2v) is 5.75. The fourth-order valence-corrected chi connectivity index (χ4v) is 3.06. The van der Waals surface area contributed by atoms with Crippen molar-refractivity contribution in [2.45, 2.75) is 6.42 Å². The molecule has 0 spiro atoms. The van der Waals surface area contributed by atoms with Crippen LogP contribution in [0.1, 0.15) is 5.69 Å². The van der Waals surface area contributed by atoms with Crippen LogP contribution < -0.4 is 10.2 Å². The van der Waals surface area contributed by atoms with Gasteiger partial charge in [0.15, 0.2) is 5.13 Å². The number of morpholine rings is 1. The molecule has 0 atom stereocenters. The van der Waals surface area contributed by atoms with Gasteiger partial charge in [-0.3, -0.25) is 0 Å². The molecule has 124 valence electrons. The monoisotopic (exact) mass is 335 g/mol. The van der Waals surface area contributed by atoms with Gasteiger partial charge in [-0.05, 0) is 24.3 Å². The molecule has 0 radical (unpaired) electrons. The summed E-state index contributed by atoms with van der Waals surface area (Å²) < 4.78 is 5.37. The van der Waals surface area contributed by atoms with E-state index in [9.17, 15) is 0 Å². The number of thiazole rings is 1. The highest BCUT2D eigenvalue weighted by Gasteiger charge is 2.10. The van der Waals surface area contributed by atoms with Gasteiger partial charge in [0.2, 0.25) is 0 Å². The van der Waals surface area contributed by atoms with Crippen LogP contribution in [0.25, 0.3) is 0 Å². The summed E-state index contributed by atoms with van der Waals surface area (Å²) in [6.07, 6.45) is 0.605. The standard InChI is InChI=1S/C15H19N3O2S.CH2O/c19-8-5-13-11-21-15(17-13)16-12-1-3-14(4-2-12)18-6-9-20-10-7-18;1-2/h1-4,11,19H,5-10H2,(H,16,17);1H2. The molecule has 1 aliphatic heterocycles. The molecule has 0 saturated carbocycles. The van der Waals surface area contributed by atoms with Gasteiger partial charge in [-0.15, -0.1) is 11.3 Å². The summed E-state index contributed by atoms with van der Waals surface area (Å²) in [5, 5.41) is 15.0. The molecule has 2 N–H and O–H groups in total. The molecule has 3 rings (SSSR count). The number of ether oxygens (including phenoxy) is 1. The molecule has 1 aromatic heterocycles. The summed E-state index contributed by atoms with van der Waals surface area (Å²) in [5.41, 5.74) is 3.18. The number of aromatic nitrogens is 1. The summed E-state index contributed by atoms with van der Waals surface area (Å²) in [5.74, 6) is 0. The minimum atomic E-state index is 0.136. The number of hydrogen-bond acceptors (Lipinski definition) is 7. The Balaban J connectivity index is 0.000000924. The first-order chi connectivity index (χ1) is 11.3. The van der Waals surface area contributed by atoms with Crippen molar-refractivity contribution in [2.24, 2.45) is 0 Å². The normalized spacial score (nSPS) is 14.0. The molecule has 0 aliphatic carbocycles. The molecular formula is C16H21N3O3S. The zero-order valence-corrected chi connectivity index (χ0v) is 13.7. The summed E-state index contributed by atoms with van der Waals surface area (Å²) in [6.45, 7) is 5.63. The van der Waals surface area contributed by atoms with Gasteiger partial charge < -0.3 is 24.9 Å². The van der Waals surface area contributed by atoms with Crippen molar-refractivity contribution in [1.82, 2.24) is 4.98 Å². The van der Waals surface area contributed by atoms with Crippen molar-refractivity contribution in [3.63, 3.8) is 0 Å². The Morgan fingerprint density at radius 3 is 2.61 bits per heavy atom. The quantitative estimate of drug-likeness (QED) is 0.871. The molecule has 1 aromatic carbocycles. The maximum atomic E-state index is 8.90. The van der Waals surface area contributed by atoms with E-state index >= 15 is 0 Å². The number of carbonyl (C=O) groups is 1. The number of nitrogens with one attached hydrogen (secondary N) is 1. The third kappa shape index (κ3) is 5.02. The predicted octanol–water partition coefficient (Wildman–Crippen LogP) is 2.07. The van der Waals surface area contributed by atoms with E-state index in [-0.39, 0.29) is 6.61 Å². The molecule has 6 nitrogen and oxygen atoms in total. The number of rotatable bonds is 5. The predicted molar refractivity (Wildman–Crippen MR) is 92.8 cm³/mol. The molecule has 7 heteroatoms. The van der Waals surface area contributed by atoms with Gasteiger partial charge >= 0.3 is 0 Å². The summed E-state index contributed by atoms with van der Waals surface area (Å²) >= 11 is 1.56. The number of anilines is 3. The van der Waals surface area contributed by atoms with Gasteiger partial charge in [-0.25, -0.2) is 4.98 Å². The topological polar surface area (TPSA) is 74.7 Å². The summed E-state index contributed by atoms with van der Waals surface area (Å²) in [7, 11) is 0. The van der Waals surface area contributed by atoms with E-state index in [2.05, 4.69) is 39.5 Å². The lowest BCUT2D eigenvalue weighted by Crippen LogP contribution is -2.36. The van der Waals surface area contributed by atoms with Crippen molar-refractivity contribution < 1.29 is 14.6 Å².